The number of aromatic hydroxyl groups is 2. The Kier molecular flexibility index (Phi) is 4.90. The van der Waals surface area contributed by atoms with Crippen LogP contribution in [0.5, 0.6) is 11.5 Å². The van der Waals surface area contributed by atoms with Crippen LogP contribution >= 0.6 is 7.60 Å². The van der Waals surface area contributed by atoms with Crippen molar-refractivity contribution in [2.75, 3.05) is 0 Å². The van der Waals surface area contributed by atoms with Gasteiger partial charge in [0.2, 0.25) is 0 Å². The third-order valence-electron chi connectivity index (χ3n) is 3.54. The summed E-state index contributed by atoms with van der Waals surface area (Å²) in [6, 6.07) is 10.0. The number of ketones is 1. The maximum Gasteiger partial charge on any atom is 0.357 e. The molecule has 122 valence electrons. The predicted octanol–water partition coefficient (Wildman–Crippen LogP) is 2.28. The van der Waals surface area contributed by atoms with Crippen LogP contribution in [-0.4, -0.2) is 25.8 Å². The van der Waals surface area contributed by atoms with Crippen molar-refractivity contribution < 1.29 is 29.4 Å². The molecule has 0 spiro atoms. The number of benzene rings is 2. The van der Waals surface area contributed by atoms with E-state index in [4.69, 9.17) is 0 Å². The van der Waals surface area contributed by atoms with Gasteiger partial charge >= 0.3 is 7.60 Å². The van der Waals surface area contributed by atoms with Crippen LogP contribution in [0.25, 0.3) is 0 Å². The maximum absolute atomic E-state index is 12.4. The largest absolute Gasteiger partial charge is 0.508 e. The minimum atomic E-state index is -4.68. The van der Waals surface area contributed by atoms with Gasteiger partial charge in [0.15, 0.2) is 5.78 Å². The smallest absolute Gasteiger partial charge is 0.357 e. The molecule has 0 aliphatic carbocycles. The summed E-state index contributed by atoms with van der Waals surface area (Å²) >= 11 is 0. The molecule has 2 rings (SSSR count). The van der Waals surface area contributed by atoms with Crippen molar-refractivity contribution in [3.63, 3.8) is 0 Å². The van der Waals surface area contributed by atoms with Gasteiger partial charge in [0.25, 0.3) is 0 Å². The SMILES string of the molecule is CC(CC(=O)c1c(O)cccc1P(=O)(O)O)c1cccc(O)c1. The number of phenolic OH excluding ortho intramolecular Hbond substituents is 2. The molecule has 0 aromatic heterocycles. The number of phenols is 2. The molecule has 0 saturated carbocycles. The average molecular weight is 336 g/mol. The zero-order valence-electron chi connectivity index (χ0n) is 12.4. The van der Waals surface area contributed by atoms with Crippen LogP contribution in [-0.2, 0) is 4.57 Å². The first kappa shape index (κ1) is 17.2. The molecule has 0 bridgehead atoms. The second-order valence-corrected chi connectivity index (χ2v) is 6.91. The molecule has 0 heterocycles. The summed E-state index contributed by atoms with van der Waals surface area (Å²) in [5.41, 5.74) is 0.360. The highest BCUT2D eigenvalue weighted by molar-refractivity contribution is 7.60. The van der Waals surface area contributed by atoms with Gasteiger partial charge in [-0.1, -0.05) is 25.1 Å². The fourth-order valence-corrected chi connectivity index (χ4v) is 3.20. The van der Waals surface area contributed by atoms with E-state index >= 15 is 0 Å². The van der Waals surface area contributed by atoms with Crippen molar-refractivity contribution in [2.45, 2.75) is 19.3 Å². The molecule has 1 atom stereocenters. The van der Waals surface area contributed by atoms with Crippen LogP contribution in [0.3, 0.4) is 0 Å². The van der Waals surface area contributed by atoms with Gasteiger partial charge in [0.05, 0.1) is 10.9 Å². The van der Waals surface area contributed by atoms with Crippen molar-refractivity contribution >= 4 is 18.7 Å². The average Bonchev–Trinajstić information content (AvgIpc) is 2.45. The highest BCUT2D eigenvalue weighted by atomic mass is 31.2. The van der Waals surface area contributed by atoms with Crippen molar-refractivity contribution in [3.05, 3.63) is 53.6 Å². The first-order valence-electron chi connectivity index (χ1n) is 6.90. The minimum absolute atomic E-state index is 0.0615. The molecule has 0 aliphatic rings. The van der Waals surface area contributed by atoms with Crippen molar-refractivity contribution in [2.24, 2.45) is 0 Å². The first-order valence-corrected chi connectivity index (χ1v) is 8.51. The highest BCUT2D eigenvalue weighted by Crippen LogP contribution is 2.38. The summed E-state index contributed by atoms with van der Waals surface area (Å²) in [5.74, 6) is -1.25. The Morgan fingerprint density at radius 1 is 1.13 bits per heavy atom. The third-order valence-corrected chi connectivity index (χ3v) is 4.54. The number of carbonyl (C=O) groups excluding carboxylic acids is 1. The summed E-state index contributed by atoms with van der Waals surface area (Å²) in [6.07, 6.45) is -0.0615. The van der Waals surface area contributed by atoms with Crippen LogP contribution in [0.4, 0.5) is 0 Å². The number of carbonyl (C=O) groups is 1. The number of Topliss-reactive ketones (excluding diaryl/α,β-unsaturated/α-hetero) is 1. The second-order valence-electron chi connectivity index (χ2n) is 5.34. The van der Waals surface area contributed by atoms with Crippen LogP contribution in [0, 0.1) is 0 Å². The van der Waals surface area contributed by atoms with E-state index in [1.54, 1.807) is 19.1 Å². The highest BCUT2D eigenvalue weighted by Gasteiger charge is 2.28. The van der Waals surface area contributed by atoms with Gasteiger partial charge in [-0.25, -0.2) is 0 Å². The molecule has 6 nitrogen and oxygen atoms in total. The fraction of sp³-hybridized carbons (Fsp3) is 0.188. The van der Waals surface area contributed by atoms with Gasteiger partial charge in [0, 0.05) is 6.42 Å². The second kappa shape index (κ2) is 6.54. The normalized spacial score (nSPS) is 12.8. The summed E-state index contributed by atoms with van der Waals surface area (Å²) in [7, 11) is -4.68. The van der Waals surface area contributed by atoms with Crippen LogP contribution in [0.1, 0.15) is 35.2 Å². The molecule has 2 aromatic carbocycles. The molecule has 2 aromatic rings. The summed E-state index contributed by atoms with van der Waals surface area (Å²) in [5, 5.41) is 18.8. The van der Waals surface area contributed by atoms with E-state index < -0.39 is 24.4 Å². The lowest BCUT2D eigenvalue weighted by molar-refractivity contribution is 0.0973. The van der Waals surface area contributed by atoms with E-state index in [1.165, 1.54) is 24.3 Å². The van der Waals surface area contributed by atoms with Gasteiger partial charge in [-0.2, -0.15) is 0 Å². The Labute approximate surface area is 133 Å². The van der Waals surface area contributed by atoms with E-state index in [9.17, 15) is 29.4 Å². The lowest BCUT2D eigenvalue weighted by Crippen LogP contribution is -2.17. The molecule has 0 fully saturated rings. The topological polar surface area (TPSA) is 115 Å². The van der Waals surface area contributed by atoms with E-state index in [-0.39, 0.29) is 23.7 Å². The lowest BCUT2D eigenvalue weighted by Gasteiger charge is -2.15. The van der Waals surface area contributed by atoms with Crippen LogP contribution in [0.2, 0.25) is 0 Å². The van der Waals surface area contributed by atoms with E-state index in [1.807, 2.05) is 0 Å². The van der Waals surface area contributed by atoms with Crippen molar-refractivity contribution in [1.82, 2.24) is 0 Å². The Morgan fingerprint density at radius 3 is 2.39 bits per heavy atom. The van der Waals surface area contributed by atoms with Gasteiger partial charge in [-0.15, -0.1) is 0 Å². The lowest BCUT2D eigenvalue weighted by atomic mass is 9.93. The Bertz CT molecular complexity index is 780. The number of hydrogen-bond donors (Lipinski definition) is 4. The number of hydrogen-bond acceptors (Lipinski definition) is 4. The standard InChI is InChI=1S/C16H17O6P/c1-10(11-4-2-5-12(17)9-11)8-14(19)16-13(18)6-3-7-15(16)23(20,21)22/h2-7,9-10,17-18H,8H2,1H3,(H2,20,21,22). The third kappa shape index (κ3) is 3.99. The molecule has 0 aliphatic heterocycles. The van der Waals surface area contributed by atoms with E-state index in [0.717, 1.165) is 6.07 Å². The van der Waals surface area contributed by atoms with Gasteiger partial charge in [-0.3, -0.25) is 9.36 Å². The van der Waals surface area contributed by atoms with Crippen LogP contribution < -0.4 is 5.30 Å². The minimum Gasteiger partial charge on any atom is -0.508 e. The Balaban J connectivity index is 2.33. The van der Waals surface area contributed by atoms with Gasteiger partial charge in [0.1, 0.15) is 11.5 Å². The van der Waals surface area contributed by atoms with E-state index in [2.05, 4.69) is 0 Å². The molecule has 0 saturated heterocycles. The summed E-state index contributed by atoms with van der Waals surface area (Å²) in [6.45, 7) is 1.75. The first-order chi connectivity index (χ1) is 10.7. The molecular formula is C16H17O6P. The summed E-state index contributed by atoms with van der Waals surface area (Å²) < 4.78 is 11.5. The fourth-order valence-electron chi connectivity index (χ4n) is 2.39. The van der Waals surface area contributed by atoms with Crippen molar-refractivity contribution in [3.8, 4) is 11.5 Å². The molecule has 4 N–H and O–H groups in total. The molecule has 0 amide bonds. The van der Waals surface area contributed by atoms with Crippen molar-refractivity contribution in [1.29, 1.82) is 0 Å². The van der Waals surface area contributed by atoms with Gasteiger partial charge in [-0.05, 0) is 35.7 Å². The quantitative estimate of drug-likeness (QED) is 0.492. The predicted molar refractivity (Wildman–Crippen MR) is 85.3 cm³/mol. The maximum atomic E-state index is 12.4. The zero-order chi connectivity index (χ0) is 17.2. The molecule has 7 heteroatoms. The van der Waals surface area contributed by atoms with Gasteiger partial charge < -0.3 is 20.0 Å². The zero-order valence-corrected chi connectivity index (χ0v) is 13.3. The van der Waals surface area contributed by atoms with E-state index in [0.29, 0.717) is 5.56 Å². The molecular weight excluding hydrogens is 319 g/mol. The Morgan fingerprint density at radius 2 is 1.78 bits per heavy atom. The Hall–Kier alpha value is -2.14. The summed E-state index contributed by atoms with van der Waals surface area (Å²) in [4.78, 5) is 31.1. The number of rotatable bonds is 5. The molecule has 23 heavy (non-hydrogen) atoms. The molecule has 0 radical (unpaired) electrons. The molecule has 1 unspecified atom stereocenters. The monoisotopic (exact) mass is 336 g/mol. The van der Waals surface area contributed by atoms with Crippen LogP contribution in [0.15, 0.2) is 42.5 Å².